The lowest BCUT2D eigenvalue weighted by Crippen LogP contribution is -2.13. The number of hydrogen-bond acceptors (Lipinski definition) is 2. The van der Waals surface area contributed by atoms with Gasteiger partial charge < -0.3 is 5.32 Å². The van der Waals surface area contributed by atoms with Gasteiger partial charge in [-0.2, -0.15) is 18.3 Å². The Morgan fingerprint density at radius 1 is 1.26 bits per heavy atom. The molecule has 2 aromatic rings. The third-order valence-corrected chi connectivity index (χ3v) is 3.76. The van der Waals surface area contributed by atoms with E-state index in [4.69, 9.17) is 0 Å². The molecular weight excluding hydrogens is 303 g/mol. The van der Waals surface area contributed by atoms with Crippen molar-refractivity contribution < 1.29 is 13.2 Å². The van der Waals surface area contributed by atoms with E-state index in [0.29, 0.717) is 5.56 Å². The lowest BCUT2D eigenvalue weighted by atomic mass is 9.99. The molecule has 126 valence electrons. The van der Waals surface area contributed by atoms with E-state index >= 15 is 0 Å². The highest BCUT2D eigenvalue weighted by molar-refractivity contribution is 5.49. The van der Waals surface area contributed by atoms with Crippen LogP contribution in [-0.4, -0.2) is 9.78 Å². The summed E-state index contributed by atoms with van der Waals surface area (Å²) in [5.41, 5.74) is 1.83. The van der Waals surface area contributed by atoms with Crippen LogP contribution in [0.1, 0.15) is 49.6 Å². The molecule has 0 bridgehead atoms. The van der Waals surface area contributed by atoms with Gasteiger partial charge in [-0.25, -0.2) is 0 Å². The van der Waals surface area contributed by atoms with Crippen molar-refractivity contribution in [1.29, 1.82) is 0 Å². The maximum Gasteiger partial charge on any atom is 0.416 e. The second-order valence-electron chi connectivity index (χ2n) is 5.63. The fraction of sp³-hybridized carbons (Fsp3) is 0.471. The first kappa shape index (κ1) is 17.4. The number of aryl methyl sites for hydroxylation is 2. The molecule has 6 heteroatoms. The monoisotopic (exact) mass is 325 g/mol. The summed E-state index contributed by atoms with van der Waals surface area (Å²) in [6.45, 7) is 4.03. The number of hydrogen-bond donors (Lipinski definition) is 1. The molecule has 1 heterocycles. The molecule has 2 rings (SSSR count). The Labute approximate surface area is 134 Å². The number of alkyl halides is 3. The standard InChI is InChI=1S/C17H22F3N3/c1-4-7-15(21-16-11-23(3)22-14(16)5-2)12-8-6-9-13(10-12)17(18,19)20/h6,8-11,15,21H,4-5,7H2,1-3H3. The summed E-state index contributed by atoms with van der Waals surface area (Å²) in [7, 11) is 1.84. The van der Waals surface area contributed by atoms with Crippen LogP contribution < -0.4 is 5.32 Å². The zero-order valence-corrected chi connectivity index (χ0v) is 13.6. The Kier molecular flexibility index (Phi) is 5.34. The van der Waals surface area contributed by atoms with Crippen molar-refractivity contribution in [3.8, 4) is 0 Å². The molecule has 1 aromatic heterocycles. The van der Waals surface area contributed by atoms with Crippen LogP contribution in [0.2, 0.25) is 0 Å². The number of rotatable bonds is 6. The zero-order valence-electron chi connectivity index (χ0n) is 13.6. The van der Waals surface area contributed by atoms with Gasteiger partial charge in [-0.1, -0.05) is 32.4 Å². The Hall–Kier alpha value is -1.98. The molecule has 0 saturated carbocycles. The van der Waals surface area contributed by atoms with Gasteiger partial charge in [-0.15, -0.1) is 0 Å². The average Bonchev–Trinajstić information content (AvgIpc) is 2.86. The molecular formula is C17H22F3N3. The maximum atomic E-state index is 12.9. The predicted molar refractivity (Wildman–Crippen MR) is 85.3 cm³/mol. The van der Waals surface area contributed by atoms with Crippen molar-refractivity contribution in [3.05, 3.63) is 47.3 Å². The molecule has 0 radical (unpaired) electrons. The lowest BCUT2D eigenvalue weighted by molar-refractivity contribution is -0.137. The molecule has 3 nitrogen and oxygen atoms in total. The highest BCUT2D eigenvalue weighted by Gasteiger charge is 2.31. The number of nitrogens with one attached hydrogen (secondary N) is 1. The van der Waals surface area contributed by atoms with E-state index in [1.807, 2.05) is 27.1 Å². The van der Waals surface area contributed by atoms with Gasteiger partial charge in [-0.05, 0) is 30.5 Å². The minimum Gasteiger partial charge on any atom is -0.375 e. The van der Waals surface area contributed by atoms with Gasteiger partial charge in [0.25, 0.3) is 0 Å². The number of benzene rings is 1. The summed E-state index contributed by atoms with van der Waals surface area (Å²) in [6.07, 6.45) is -0.0651. The van der Waals surface area contributed by atoms with Gasteiger partial charge in [0.2, 0.25) is 0 Å². The Morgan fingerprint density at radius 2 is 2.00 bits per heavy atom. The van der Waals surface area contributed by atoms with Crippen LogP contribution in [0.3, 0.4) is 0 Å². The van der Waals surface area contributed by atoms with Gasteiger partial charge in [-0.3, -0.25) is 4.68 Å². The molecule has 1 unspecified atom stereocenters. The number of anilines is 1. The molecule has 0 fully saturated rings. The van der Waals surface area contributed by atoms with Crippen molar-refractivity contribution in [2.45, 2.75) is 45.3 Å². The molecule has 1 N–H and O–H groups in total. The topological polar surface area (TPSA) is 29.9 Å². The Morgan fingerprint density at radius 3 is 2.61 bits per heavy atom. The van der Waals surface area contributed by atoms with Crippen LogP contribution in [0, 0.1) is 0 Å². The number of nitrogens with zero attached hydrogens (tertiary/aromatic N) is 2. The maximum absolute atomic E-state index is 12.9. The molecule has 0 spiro atoms. The molecule has 0 aliphatic rings. The molecule has 1 aromatic carbocycles. The summed E-state index contributed by atoms with van der Waals surface area (Å²) in [5.74, 6) is 0. The SMILES string of the molecule is CCCC(Nc1cn(C)nc1CC)c1cccc(C(F)(F)F)c1. The van der Waals surface area contributed by atoms with Crippen LogP contribution in [0.25, 0.3) is 0 Å². The van der Waals surface area contributed by atoms with Crippen LogP contribution in [-0.2, 0) is 19.6 Å². The second-order valence-corrected chi connectivity index (χ2v) is 5.63. The van der Waals surface area contributed by atoms with Gasteiger partial charge >= 0.3 is 6.18 Å². The van der Waals surface area contributed by atoms with E-state index in [9.17, 15) is 13.2 Å². The largest absolute Gasteiger partial charge is 0.416 e. The first-order valence-corrected chi connectivity index (χ1v) is 7.81. The van der Waals surface area contributed by atoms with Crippen LogP contribution in [0.15, 0.2) is 30.5 Å². The van der Waals surface area contributed by atoms with Crippen LogP contribution >= 0.6 is 0 Å². The van der Waals surface area contributed by atoms with Crippen molar-refractivity contribution in [2.24, 2.45) is 7.05 Å². The molecule has 0 amide bonds. The Bertz CT molecular complexity index is 647. The lowest BCUT2D eigenvalue weighted by Gasteiger charge is -2.21. The normalized spacial score (nSPS) is 13.1. The van der Waals surface area contributed by atoms with E-state index < -0.39 is 11.7 Å². The summed E-state index contributed by atoms with van der Waals surface area (Å²) in [5, 5.41) is 7.73. The fourth-order valence-electron chi connectivity index (χ4n) is 2.65. The third-order valence-electron chi connectivity index (χ3n) is 3.76. The highest BCUT2D eigenvalue weighted by Crippen LogP contribution is 2.33. The molecule has 0 aliphatic heterocycles. The first-order chi connectivity index (χ1) is 10.8. The van der Waals surface area contributed by atoms with E-state index in [0.717, 1.165) is 36.7 Å². The highest BCUT2D eigenvalue weighted by atomic mass is 19.4. The second kappa shape index (κ2) is 7.06. The fourth-order valence-corrected chi connectivity index (χ4v) is 2.65. The minimum atomic E-state index is -4.32. The van der Waals surface area contributed by atoms with E-state index in [1.54, 1.807) is 10.7 Å². The molecule has 23 heavy (non-hydrogen) atoms. The van der Waals surface area contributed by atoms with Crippen molar-refractivity contribution in [2.75, 3.05) is 5.32 Å². The van der Waals surface area contributed by atoms with E-state index in [2.05, 4.69) is 10.4 Å². The van der Waals surface area contributed by atoms with Crippen molar-refractivity contribution in [3.63, 3.8) is 0 Å². The van der Waals surface area contributed by atoms with Crippen molar-refractivity contribution in [1.82, 2.24) is 9.78 Å². The average molecular weight is 325 g/mol. The minimum absolute atomic E-state index is 0.170. The Balaban J connectivity index is 2.31. The summed E-state index contributed by atoms with van der Waals surface area (Å²) in [6, 6.07) is 5.37. The number of aromatic nitrogens is 2. The summed E-state index contributed by atoms with van der Waals surface area (Å²) >= 11 is 0. The van der Waals surface area contributed by atoms with E-state index in [-0.39, 0.29) is 6.04 Å². The van der Waals surface area contributed by atoms with Gasteiger partial charge in [0.05, 0.1) is 23.0 Å². The molecule has 0 saturated heterocycles. The molecule has 0 aliphatic carbocycles. The number of halogens is 3. The first-order valence-electron chi connectivity index (χ1n) is 7.81. The van der Waals surface area contributed by atoms with E-state index in [1.165, 1.54) is 12.1 Å². The summed E-state index contributed by atoms with van der Waals surface area (Å²) < 4.78 is 40.5. The van der Waals surface area contributed by atoms with Crippen LogP contribution in [0.5, 0.6) is 0 Å². The van der Waals surface area contributed by atoms with Crippen molar-refractivity contribution >= 4 is 5.69 Å². The third kappa shape index (κ3) is 4.27. The quantitative estimate of drug-likeness (QED) is 0.814. The summed E-state index contributed by atoms with van der Waals surface area (Å²) in [4.78, 5) is 0. The zero-order chi connectivity index (χ0) is 17.0. The predicted octanol–water partition coefficient (Wildman–Crippen LogP) is 4.95. The van der Waals surface area contributed by atoms with Crippen LogP contribution in [0.4, 0.5) is 18.9 Å². The van der Waals surface area contributed by atoms with Gasteiger partial charge in [0.15, 0.2) is 0 Å². The molecule has 1 atom stereocenters. The van der Waals surface area contributed by atoms with Gasteiger partial charge in [0, 0.05) is 13.2 Å². The smallest absolute Gasteiger partial charge is 0.375 e. The van der Waals surface area contributed by atoms with Gasteiger partial charge in [0.1, 0.15) is 0 Å².